The summed E-state index contributed by atoms with van der Waals surface area (Å²) in [5.41, 5.74) is 1.43. The number of aryl methyl sites for hydroxylation is 1. The molecule has 0 aliphatic heterocycles. The second-order valence-electron chi connectivity index (χ2n) is 4.87. The number of imidazole rings is 1. The van der Waals surface area contributed by atoms with Gasteiger partial charge in [0.05, 0.1) is 16.6 Å². The summed E-state index contributed by atoms with van der Waals surface area (Å²) in [4.78, 5) is 4.44. The number of nitrogens with zero attached hydrogens (tertiary/aromatic N) is 2. The Morgan fingerprint density at radius 1 is 1.09 bits per heavy atom. The van der Waals surface area contributed by atoms with Crippen LogP contribution in [0.3, 0.4) is 0 Å². The molecule has 1 N–H and O–H groups in total. The third-order valence-electron chi connectivity index (χ3n) is 3.42. The summed E-state index contributed by atoms with van der Waals surface area (Å²) >= 11 is 0. The van der Waals surface area contributed by atoms with E-state index >= 15 is 0 Å². The van der Waals surface area contributed by atoms with Crippen molar-refractivity contribution in [3.05, 3.63) is 54.1 Å². The van der Waals surface area contributed by atoms with E-state index < -0.39 is 11.7 Å². The minimum absolute atomic E-state index is 0.361. The average molecular weight is 305 g/mol. The molecule has 0 aliphatic rings. The van der Waals surface area contributed by atoms with Crippen LogP contribution in [0.1, 0.15) is 12.5 Å². The van der Waals surface area contributed by atoms with Crippen molar-refractivity contribution in [3.8, 4) is 0 Å². The predicted octanol–water partition coefficient (Wildman–Crippen LogP) is 4.82. The van der Waals surface area contributed by atoms with Crippen LogP contribution < -0.4 is 5.32 Å². The molecule has 1 heterocycles. The average Bonchev–Trinajstić information content (AvgIpc) is 2.83. The van der Waals surface area contributed by atoms with Crippen LogP contribution in [-0.4, -0.2) is 9.55 Å². The Hall–Kier alpha value is -2.50. The molecule has 0 saturated carbocycles. The maximum absolute atomic E-state index is 12.8. The number of benzene rings is 2. The number of fused-ring (bicyclic) bond motifs is 1. The first kappa shape index (κ1) is 14.4. The van der Waals surface area contributed by atoms with Gasteiger partial charge < -0.3 is 9.88 Å². The molecular formula is C16H14F3N3. The molecule has 0 atom stereocenters. The van der Waals surface area contributed by atoms with Gasteiger partial charge in [0.1, 0.15) is 0 Å². The largest absolute Gasteiger partial charge is 0.416 e. The van der Waals surface area contributed by atoms with Gasteiger partial charge in [-0.25, -0.2) is 4.98 Å². The number of aromatic nitrogens is 2. The van der Waals surface area contributed by atoms with Crippen molar-refractivity contribution in [1.29, 1.82) is 0 Å². The van der Waals surface area contributed by atoms with E-state index in [-0.39, 0.29) is 0 Å². The minimum atomic E-state index is -4.36. The van der Waals surface area contributed by atoms with E-state index in [2.05, 4.69) is 10.3 Å². The van der Waals surface area contributed by atoms with Gasteiger partial charge >= 0.3 is 6.18 Å². The van der Waals surface area contributed by atoms with Gasteiger partial charge in [-0.3, -0.25) is 0 Å². The fourth-order valence-corrected chi connectivity index (χ4v) is 2.39. The van der Waals surface area contributed by atoms with Gasteiger partial charge in [-0.2, -0.15) is 13.2 Å². The highest BCUT2D eigenvalue weighted by Crippen LogP contribution is 2.31. The summed E-state index contributed by atoms with van der Waals surface area (Å²) in [5.74, 6) is 0.531. The van der Waals surface area contributed by atoms with Crippen LogP contribution in [0, 0.1) is 0 Å². The highest BCUT2D eigenvalue weighted by atomic mass is 19.4. The number of rotatable bonds is 3. The number of alkyl halides is 3. The molecule has 0 spiro atoms. The van der Waals surface area contributed by atoms with Gasteiger partial charge in [0, 0.05) is 12.2 Å². The maximum atomic E-state index is 12.8. The Labute approximate surface area is 125 Å². The standard InChI is InChI=1S/C16H14F3N3/c1-2-22-14-9-4-3-8-13(14)21-15(22)20-12-7-5-6-11(10-12)16(17,18)19/h3-10H,2H2,1H3,(H,20,21). The summed E-state index contributed by atoms with van der Waals surface area (Å²) in [5, 5.41) is 2.98. The van der Waals surface area contributed by atoms with E-state index in [0.29, 0.717) is 18.2 Å². The van der Waals surface area contributed by atoms with E-state index in [1.165, 1.54) is 6.07 Å². The van der Waals surface area contributed by atoms with Gasteiger partial charge in [0.15, 0.2) is 0 Å². The highest BCUT2D eigenvalue weighted by molar-refractivity contribution is 5.79. The van der Waals surface area contributed by atoms with Crippen molar-refractivity contribution in [2.24, 2.45) is 0 Å². The quantitative estimate of drug-likeness (QED) is 0.752. The molecule has 0 amide bonds. The predicted molar refractivity (Wildman–Crippen MR) is 80.1 cm³/mol. The summed E-state index contributed by atoms with van der Waals surface area (Å²) in [6, 6.07) is 12.7. The van der Waals surface area contributed by atoms with E-state index in [1.54, 1.807) is 6.07 Å². The third kappa shape index (κ3) is 2.64. The first-order valence-corrected chi connectivity index (χ1v) is 6.88. The highest BCUT2D eigenvalue weighted by Gasteiger charge is 2.30. The number of anilines is 2. The van der Waals surface area contributed by atoms with Gasteiger partial charge in [-0.15, -0.1) is 0 Å². The summed E-state index contributed by atoms with van der Waals surface area (Å²) < 4.78 is 40.2. The molecule has 3 rings (SSSR count). The molecule has 1 aromatic heterocycles. The molecule has 0 fully saturated rings. The normalized spacial score (nSPS) is 11.8. The SMILES string of the molecule is CCn1c(Nc2cccc(C(F)(F)F)c2)nc2ccccc21. The lowest BCUT2D eigenvalue weighted by atomic mass is 10.2. The van der Waals surface area contributed by atoms with Gasteiger partial charge in [-0.05, 0) is 37.3 Å². The molecule has 2 aromatic carbocycles. The number of halogens is 3. The molecule has 0 bridgehead atoms. The molecule has 22 heavy (non-hydrogen) atoms. The smallest absolute Gasteiger partial charge is 0.326 e. The number of hydrogen-bond donors (Lipinski definition) is 1. The van der Waals surface area contributed by atoms with Crippen LogP contribution >= 0.6 is 0 Å². The van der Waals surface area contributed by atoms with Crippen LogP contribution in [0.25, 0.3) is 11.0 Å². The molecule has 0 aliphatic carbocycles. The maximum Gasteiger partial charge on any atom is 0.416 e. The van der Waals surface area contributed by atoms with Crippen molar-refractivity contribution in [3.63, 3.8) is 0 Å². The molecule has 3 nitrogen and oxygen atoms in total. The zero-order valence-electron chi connectivity index (χ0n) is 11.9. The molecule has 0 unspecified atom stereocenters. The monoisotopic (exact) mass is 305 g/mol. The zero-order chi connectivity index (χ0) is 15.7. The second kappa shape index (κ2) is 5.36. The van der Waals surface area contributed by atoms with E-state index in [4.69, 9.17) is 0 Å². The lowest BCUT2D eigenvalue weighted by molar-refractivity contribution is -0.137. The van der Waals surface area contributed by atoms with Crippen molar-refractivity contribution in [2.75, 3.05) is 5.32 Å². The summed E-state index contributed by atoms with van der Waals surface area (Å²) in [7, 11) is 0. The summed E-state index contributed by atoms with van der Waals surface area (Å²) in [6.07, 6.45) is -4.36. The molecule has 6 heteroatoms. The second-order valence-corrected chi connectivity index (χ2v) is 4.87. The lowest BCUT2D eigenvalue weighted by Crippen LogP contribution is -2.06. The van der Waals surface area contributed by atoms with Crippen molar-refractivity contribution in [1.82, 2.24) is 9.55 Å². The minimum Gasteiger partial charge on any atom is -0.326 e. The number of nitrogens with one attached hydrogen (secondary N) is 1. The first-order chi connectivity index (χ1) is 10.5. The molecule has 0 saturated heterocycles. The molecule has 114 valence electrons. The lowest BCUT2D eigenvalue weighted by Gasteiger charge is -2.11. The van der Waals surface area contributed by atoms with Crippen LogP contribution in [0.15, 0.2) is 48.5 Å². The van der Waals surface area contributed by atoms with E-state index in [1.807, 2.05) is 35.8 Å². The Morgan fingerprint density at radius 3 is 2.59 bits per heavy atom. The molecular weight excluding hydrogens is 291 g/mol. The van der Waals surface area contributed by atoms with Gasteiger partial charge in [-0.1, -0.05) is 18.2 Å². The van der Waals surface area contributed by atoms with E-state index in [0.717, 1.165) is 23.2 Å². The number of para-hydroxylation sites is 2. The number of hydrogen-bond acceptors (Lipinski definition) is 2. The fraction of sp³-hybridized carbons (Fsp3) is 0.188. The topological polar surface area (TPSA) is 29.9 Å². The van der Waals surface area contributed by atoms with Crippen molar-refractivity contribution >= 4 is 22.7 Å². The Kier molecular flexibility index (Phi) is 3.52. The van der Waals surface area contributed by atoms with Crippen LogP contribution in [0.2, 0.25) is 0 Å². The Balaban J connectivity index is 2.00. The fourth-order valence-electron chi connectivity index (χ4n) is 2.39. The van der Waals surface area contributed by atoms with Gasteiger partial charge in [0.2, 0.25) is 5.95 Å². The van der Waals surface area contributed by atoms with Gasteiger partial charge in [0.25, 0.3) is 0 Å². The van der Waals surface area contributed by atoms with E-state index in [9.17, 15) is 13.2 Å². The Bertz CT molecular complexity index is 806. The van der Waals surface area contributed by atoms with Crippen molar-refractivity contribution < 1.29 is 13.2 Å². The van der Waals surface area contributed by atoms with Crippen LogP contribution in [-0.2, 0) is 12.7 Å². The third-order valence-corrected chi connectivity index (χ3v) is 3.42. The molecule has 3 aromatic rings. The zero-order valence-corrected chi connectivity index (χ0v) is 11.9. The van der Waals surface area contributed by atoms with Crippen LogP contribution in [0.5, 0.6) is 0 Å². The summed E-state index contributed by atoms with van der Waals surface area (Å²) in [6.45, 7) is 2.63. The van der Waals surface area contributed by atoms with Crippen molar-refractivity contribution in [2.45, 2.75) is 19.6 Å². The Morgan fingerprint density at radius 2 is 1.86 bits per heavy atom. The van der Waals surface area contributed by atoms with Crippen LogP contribution in [0.4, 0.5) is 24.8 Å². The first-order valence-electron chi connectivity index (χ1n) is 6.88. The molecule has 0 radical (unpaired) electrons.